The van der Waals surface area contributed by atoms with Crippen molar-refractivity contribution >= 4 is 17.7 Å². The minimum atomic E-state index is -0.545. The van der Waals surface area contributed by atoms with Crippen molar-refractivity contribution in [1.29, 1.82) is 0 Å². The van der Waals surface area contributed by atoms with Crippen LogP contribution in [0, 0.1) is 13.8 Å². The minimum absolute atomic E-state index is 0.244. The first-order chi connectivity index (χ1) is 13.0. The van der Waals surface area contributed by atoms with Gasteiger partial charge >= 0.3 is 6.09 Å². The van der Waals surface area contributed by atoms with Crippen LogP contribution in [0.4, 0.5) is 16.4 Å². The summed E-state index contributed by atoms with van der Waals surface area (Å²) in [6.45, 7) is 7.40. The van der Waals surface area contributed by atoms with E-state index in [9.17, 15) is 4.79 Å². The number of aromatic nitrogens is 4. The molecule has 0 aliphatic carbocycles. The van der Waals surface area contributed by atoms with Gasteiger partial charge in [0.1, 0.15) is 11.6 Å². The molecular weight excluding hydrogens is 348 g/mol. The van der Waals surface area contributed by atoms with Gasteiger partial charge in [0.15, 0.2) is 0 Å². The molecule has 146 valence electrons. The van der Waals surface area contributed by atoms with Crippen molar-refractivity contribution in [2.45, 2.75) is 39.7 Å². The van der Waals surface area contributed by atoms with Gasteiger partial charge in [-0.2, -0.15) is 15.1 Å². The molecular formula is C18H26N6O3. The monoisotopic (exact) mass is 374 g/mol. The van der Waals surface area contributed by atoms with Crippen LogP contribution in [0.1, 0.15) is 31.2 Å². The molecule has 2 aromatic heterocycles. The molecule has 0 radical (unpaired) electrons. The van der Waals surface area contributed by atoms with Crippen LogP contribution in [-0.4, -0.2) is 58.8 Å². The fourth-order valence-electron chi connectivity index (χ4n) is 3.33. The number of carbonyl (C=O) groups excluding carboxylic acids is 1. The predicted octanol–water partition coefficient (Wildman–Crippen LogP) is 2.46. The SMILES string of the molecule is CCOC(=O)Nc1cc(N2CCCC2COC)nc(-n2nc(C)cc2C)n1. The lowest BCUT2D eigenvalue weighted by molar-refractivity contribution is 0.168. The van der Waals surface area contributed by atoms with Crippen LogP contribution in [0.15, 0.2) is 12.1 Å². The highest BCUT2D eigenvalue weighted by Crippen LogP contribution is 2.27. The maximum absolute atomic E-state index is 11.9. The number of nitrogens with one attached hydrogen (secondary N) is 1. The Kier molecular flexibility index (Phi) is 5.90. The molecule has 27 heavy (non-hydrogen) atoms. The van der Waals surface area contributed by atoms with Crippen molar-refractivity contribution in [2.24, 2.45) is 0 Å². The molecule has 9 heteroatoms. The first kappa shape index (κ1) is 19.1. The van der Waals surface area contributed by atoms with Gasteiger partial charge in [-0.05, 0) is 39.7 Å². The normalized spacial score (nSPS) is 16.6. The lowest BCUT2D eigenvalue weighted by atomic mass is 10.2. The van der Waals surface area contributed by atoms with Crippen LogP contribution in [0.5, 0.6) is 0 Å². The van der Waals surface area contributed by atoms with Crippen molar-refractivity contribution in [3.8, 4) is 5.95 Å². The average Bonchev–Trinajstić information content (AvgIpc) is 3.21. The second-order valence-electron chi connectivity index (χ2n) is 6.54. The summed E-state index contributed by atoms with van der Waals surface area (Å²) in [5.74, 6) is 1.52. The second kappa shape index (κ2) is 8.34. The quantitative estimate of drug-likeness (QED) is 0.830. The molecule has 1 unspecified atom stereocenters. The van der Waals surface area contributed by atoms with Gasteiger partial charge in [0.2, 0.25) is 0 Å². The molecule has 0 spiro atoms. The lowest BCUT2D eigenvalue weighted by Crippen LogP contribution is -2.34. The Balaban J connectivity index is 2.00. The Bertz CT molecular complexity index is 806. The summed E-state index contributed by atoms with van der Waals surface area (Å²) in [4.78, 5) is 23.2. The number of aryl methyl sites for hydroxylation is 2. The molecule has 1 N–H and O–H groups in total. The third-order valence-corrected chi connectivity index (χ3v) is 4.44. The molecule has 3 rings (SSSR count). The van der Waals surface area contributed by atoms with E-state index in [2.05, 4.69) is 20.3 Å². The van der Waals surface area contributed by atoms with Gasteiger partial charge in [0, 0.05) is 25.4 Å². The summed E-state index contributed by atoms with van der Waals surface area (Å²) in [6, 6.07) is 3.96. The van der Waals surface area contributed by atoms with E-state index in [1.165, 1.54) is 0 Å². The number of anilines is 2. The van der Waals surface area contributed by atoms with Crippen LogP contribution in [0.2, 0.25) is 0 Å². The molecule has 1 aliphatic heterocycles. The van der Waals surface area contributed by atoms with E-state index < -0.39 is 6.09 Å². The zero-order chi connectivity index (χ0) is 19.4. The van der Waals surface area contributed by atoms with Gasteiger partial charge in [-0.1, -0.05) is 0 Å². The molecule has 1 amide bonds. The van der Waals surface area contributed by atoms with Gasteiger partial charge in [-0.3, -0.25) is 5.32 Å². The number of rotatable bonds is 6. The largest absolute Gasteiger partial charge is 0.450 e. The molecule has 1 fully saturated rings. The third-order valence-electron chi connectivity index (χ3n) is 4.44. The molecule has 9 nitrogen and oxygen atoms in total. The van der Waals surface area contributed by atoms with E-state index in [1.807, 2.05) is 19.9 Å². The maximum atomic E-state index is 11.9. The Labute approximate surface area is 158 Å². The van der Waals surface area contributed by atoms with E-state index in [0.29, 0.717) is 18.4 Å². The summed E-state index contributed by atoms with van der Waals surface area (Å²) < 4.78 is 12.0. The van der Waals surface area contributed by atoms with Gasteiger partial charge in [0.25, 0.3) is 5.95 Å². The lowest BCUT2D eigenvalue weighted by Gasteiger charge is -2.25. The zero-order valence-electron chi connectivity index (χ0n) is 16.2. The molecule has 2 aromatic rings. The van der Waals surface area contributed by atoms with E-state index in [0.717, 1.165) is 36.6 Å². The van der Waals surface area contributed by atoms with Crippen LogP contribution in [0.3, 0.4) is 0 Å². The number of hydrogen-bond donors (Lipinski definition) is 1. The Morgan fingerprint density at radius 2 is 2.15 bits per heavy atom. The summed E-state index contributed by atoms with van der Waals surface area (Å²) in [5.41, 5.74) is 1.79. The van der Waals surface area contributed by atoms with Crippen molar-refractivity contribution < 1.29 is 14.3 Å². The van der Waals surface area contributed by atoms with Crippen molar-refractivity contribution in [3.05, 3.63) is 23.5 Å². The standard InChI is InChI=1S/C18H26N6O3/c1-5-27-18(25)20-15-10-16(23-8-6-7-14(23)11-26-4)21-17(19-15)24-13(3)9-12(2)22-24/h9-10,14H,5-8,11H2,1-4H3,(H,19,20,21,25). The molecule has 3 heterocycles. The third kappa shape index (κ3) is 4.36. The van der Waals surface area contributed by atoms with Crippen molar-refractivity contribution in [1.82, 2.24) is 19.7 Å². The Hall–Kier alpha value is -2.68. The molecule has 0 aromatic carbocycles. The first-order valence-electron chi connectivity index (χ1n) is 9.14. The van der Waals surface area contributed by atoms with Gasteiger partial charge < -0.3 is 14.4 Å². The molecule has 1 atom stereocenters. The van der Waals surface area contributed by atoms with E-state index in [1.54, 1.807) is 24.8 Å². The second-order valence-corrected chi connectivity index (χ2v) is 6.54. The van der Waals surface area contributed by atoms with Crippen molar-refractivity contribution in [3.63, 3.8) is 0 Å². The zero-order valence-corrected chi connectivity index (χ0v) is 16.2. The van der Waals surface area contributed by atoms with Gasteiger partial charge in [-0.25, -0.2) is 9.48 Å². The number of carbonyl (C=O) groups is 1. The summed E-state index contributed by atoms with van der Waals surface area (Å²) in [6.07, 6.45) is 1.55. The fourth-order valence-corrected chi connectivity index (χ4v) is 3.33. The van der Waals surface area contributed by atoms with E-state index >= 15 is 0 Å². The highest BCUT2D eigenvalue weighted by Gasteiger charge is 2.27. The average molecular weight is 374 g/mol. The van der Waals surface area contributed by atoms with E-state index in [4.69, 9.17) is 14.5 Å². The smallest absolute Gasteiger partial charge is 0.412 e. The summed E-state index contributed by atoms with van der Waals surface area (Å²) in [7, 11) is 1.70. The highest BCUT2D eigenvalue weighted by molar-refractivity contribution is 5.84. The van der Waals surface area contributed by atoms with Crippen LogP contribution in [0.25, 0.3) is 5.95 Å². The van der Waals surface area contributed by atoms with E-state index in [-0.39, 0.29) is 12.6 Å². The van der Waals surface area contributed by atoms with Gasteiger partial charge in [0.05, 0.1) is 24.9 Å². The highest BCUT2D eigenvalue weighted by atomic mass is 16.5. The molecule has 0 saturated carbocycles. The molecule has 0 bridgehead atoms. The first-order valence-corrected chi connectivity index (χ1v) is 9.14. The number of nitrogens with zero attached hydrogens (tertiary/aromatic N) is 5. The van der Waals surface area contributed by atoms with Crippen LogP contribution < -0.4 is 10.2 Å². The van der Waals surface area contributed by atoms with Gasteiger partial charge in [-0.15, -0.1) is 0 Å². The minimum Gasteiger partial charge on any atom is -0.450 e. The molecule has 1 saturated heterocycles. The molecule has 1 aliphatic rings. The topological polar surface area (TPSA) is 94.4 Å². The number of ether oxygens (including phenoxy) is 2. The summed E-state index contributed by atoms with van der Waals surface area (Å²) in [5, 5.41) is 7.14. The van der Waals surface area contributed by atoms with Crippen LogP contribution in [-0.2, 0) is 9.47 Å². The number of methoxy groups -OCH3 is 1. The fraction of sp³-hybridized carbons (Fsp3) is 0.556. The maximum Gasteiger partial charge on any atom is 0.412 e. The van der Waals surface area contributed by atoms with Crippen LogP contribution >= 0.6 is 0 Å². The number of hydrogen-bond acceptors (Lipinski definition) is 7. The van der Waals surface area contributed by atoms with Crippen molar-refractivity contribution in [2.75, 3.05) is 37.1 Å². The Morgan fingerprint density at radius 3 is 2.81 bits per heavy atom. The number of amides is 1. The Morgan fingerprint density at radius 1 is 1.33 bits per heavy atom. The predicted molar refractivity (Wildman–Crippen MR) is 102 cm³/mol. The summed E-state index contributed by atoms with van der Waals surface area (Å²) >= 11 is 0.